The van der Waals surface area contributed by atoms with E-state index in [0.29, 0.717) is 36.8 Å². The smallest absolute Gasteiger partial charge is 0.326 e. The predicted molar refractivity (Wildman–Crippen MR) is 165 cm³/mol. The fraction of sp³-hybridized carbons (Fsp3) is 0.344. The SMILES string of the molecule is CN1C(=O)N2Cc3c(c4cc(OCCN5CCOCC5)ccc4n3Cc3ccc(C(=O)NO)cc3)C(c3ccco3)(C2)C1=O.Cl. The number of carbonyl (C=O) groups is 3. The van der Waals surface area contributed by atoms with Crippen molar-refractivity contribution in [2.45, 2.75) is 18.5 Å². The summed E-state index contributed by atoms with van der Waals surface area (Å²) in [5.74, 6) is 0.231. The van der Waals surface area contributed by atoms with E-state index in [-0.39, 0.29) is 30.9 Å². The third kappa shape index (κ3) is 5.13. The zero-order valence-corrected chi connectivity index (χ0v) is 25.5. The van der Waals surface area contributed by atoms with Crippen LogP contribution in [-0.4, -0.2) is 95.4 Å². The molecule has 236 valence electrons. The zero-order valence-electron chi connectivity index (χ0n) is 24.7. The summed E-state index contributed by atoms with van der Waals surface area (Å²) >= 11 is 0. The van der Waals surface area contributed by atoms with Crippen LogP contribution in [-0.2, 0) is 28.0 Å². The molecule has 3 aliphatic heterocycles. The molecule has 0 radical (unpaired) electrons. The van der Waals surface area contributed by atoms with Crippen LogP contribution < -0.4 is 10.2 Å². The first kappa shape index (κ1) is 30.7. The molecule has 2 aromatic heterocycles. The molecule has 2 fully saturated rings. The Labute approximate surface area is 265 Å². The fourth-order valence-corrected chi connectivity index (χ4v) is 6.75. The summed E-state index contributed by atoms with van der Waals surface area (Å²) in [7, 11) is 1.52. The van der Waals surface area contributed by atoms with Crippen molar-refractivity contribution in [1.29, 1.82) is 0 Å². The molecule has 4 aromatic rings. The van der Waals surface area contributed by atoms with Gasteiger partial charge in [-0.1, -0.05) is 12.1 Å². The van der Waals surface area contributed by atoms with Crippen LogP contribution in [0, 0.1) is 0 Å². The summed E-state index contributed by atoms with van der Waals surface area (Å²) < 4.78 is 19.8. The fourth-order valence-electron chi connectivity index (χ4n) is 6.75. The highest BCUT2D eigenvalue weighted by molar-refractivity contribution is 6.08. The number of fused-ring (bicyclic) bond motifs is 6. The lowest BCUT2D eigenvalue weighted by atomic mass is 9.71. The molecule has 1 atom stereocenters. The van der Waals surface area contributed by atoms with Crippen LogP contribution in [0.3, 0.4) is 0 Å². The highest BCUT2D eigenvalue weighted by Crippen LogP contribution is 2.49. The maximum Gasteiger partial charge on any atom is 0.326 e. The number of hydrogen-bond donors (Lipinski definition) is 2. The van der Waals surface area contributed by atoms with Crippen LogP contribution in [0.4, 0.5) is 4.79 Å². The van der Waals surface area contributed by atoms with Crippen LogP contribution in [0.25, 0.3) is 10.9 Å². The molecular formula is C32H34ClN5O7. The van der Waals surface area contributed by atoms with Gasteiger partial charge in [0.1, 0.15) is 18.1 Å². The Morgan fingerprint density at radius 3 is 2.58 bits per heavy atom. The number of carbonyl (C=O) groups excluding carboxylic acids is 3. The Morgan fingerprint density at radius 1 is 1.09 bits per heavy atom. The lowest BCUT2D eigenvalue weighted by Gasteiger charge is -2.47. The van der Waals surface area contributed by atoms with E-state index in [1.54, 1.807) is 40.9 Å². The van der Waals surface area contributed by atoms with Gasteiger partial charge in [0.15, 0.2) is 5.41 Å². The van der Waals surface area contributed by atoms with Gasteiger partial charge in [-0.15, -0.1) is 12.4 Å². The number of imide groups is 1. The molecule has 1 unspecified atom stereocenters. The van der Waals surface area contributed by atoms with Crippen LogP contribution in [0.1, 0.15) is 32.9 Å². The van der Waals surface area contributed by atoms with Crippen molar-refractivity contribution in [1.82, 2.24) is 24.7 Å². The molecule has 3 aliphatic rings. The third-order valence-corrected chi connectivity index (χ3v) is 8.95. The second kappa shape index (κ2) is 12.2. The van der Waals surface area contributed by atoms with Crippen molar-refractivity contribution in [3.8, 4) is 5.75 Å². The summed E-state index contributed by atoms with van der Waals surface area (Å²) in [6, 6.07) is 16.0. The van der Waals surface area contributed by atoms with Gasteiger partial charge in [0.25, 0.3) is 11.8 Å². The normalized spacial score (nSPS) is 19.8. The second-order valence-electron chi connectivity index (χ2n) is 11.4. The number of amides is 4. The van der Waals surface area contributed by atoms with E-state index >= 15 is 0 Å². The number of ether oxygens (including phenoxy) is 2. The molecule has 12 nitrogen and oxygen atoms in total. The lowest BCUT2D eigenvalue weighted by Crippen LogP contribution is -2.65. The molecular weight excluding hydrogens is 602 g/mol. The molecule has 0 spiro atoms. The molecule has 0 aliphatic carbocycles. The van der Waals surface area contributed by atoms with Gasteiger partial charge in [0.05, 0.1) is 26.0 Å². The Morgan fingerprint density at radius 2 is 1.87 bits per heavy atom. The quantitative estimate of drug-likeness (QED) is 0.223. The second-order valence-corrected chi connectivity index (χ2v) is 11.4. The minimum absolute atomic E-state index is 0. The number of hydrogen-bond acceptors (Lipinski definition) is 8. The number of rotatable bonds is 8. The average molecular weight is 636 g/mol. The molecule has 5 heterocycles. The molecule has 2 saturated heterocycles. The van der Waals surface area contributed by atoms with Crippen molar-refractivity contribution in [2.75, 3.05) is 53.0 Å². The third-order valence-electron chi connectivity index (χ3n) is 8.95. The Bertz CT molecular complexity index is 1730. The summed E-state index contributed by atoms with van der Waals surface area (Å²) in [6.45, 7) is 5.38. The Kier molecular flexibility index (Phi) is 8.31. The number of hydroxylamine groups is 1. The number of benzene rings is 2. The highest BCUT2D eigenvalue weighted by atomic mass is 35.5. The van der Waals surface area contributed by atoms with Crippen molar-refractivity contribution >= 4 is 41.2 Å². The highest BCUT2D eigenvalue weighted by Gasteiger charge is 2.58. The van der Waals surface area contributed by atoms with E-state index < -0.39 is 11.3 Å². The van der Waals surface area contributed by atoms with Gasteiger partial charge in [-0.05, 0) is 48.0 Å². The topological polar surface area (TPSA) is 130 Å². The Balaban J connectivity index is 0.00000357. The first-order valence-electron chi connectivity index (χ1n) is 14.6. The van der Waals surface area contributed by atoms with E-state index in [0.717, 1.165) is 60.6 Å². The number of likely N-dealkylation sites (N-methyl/N-ethyl adjacent to an activating group) is 1. The number of aromatic nitrogens is 1. The molecule has 2 aromatic carbocycles. The van der Waals surface area contributed by atoms with E-state index in [1.807, 2.05) is 30.3 Å². The number of furan rings is 1. The summed E-state index contributed by atoms with van der Waals surface area (Å²) in [4.78, 5) is 44.6. The van der Waals surface area contributed by atoms with E-state index in [9.17, 15) is 14.4 Å². The van der Waals surface area contributed by atoms with Crippen molar-refractivity contribution in [3.05, 3.63) is 89.0 Å². The maximum atomic E-state index is 14.2. The zero-order chi connectivity index (χ0) is 30.4. The largest absolute Gasteiger partial charge is 0.492 e. The van der Waals surface area contributed by atoms with Gasteiger partial charge >= 0.3 is 6.03 Å². The molecule has 0 saturated carbocycles. The standard InChI is InChI=1S/C32H33N5O7.ClH/c1-34-30(39)32(27-3-2-13-44-27)20-36(31(34)40)19-26-28(32)24-17-23(43-16-12-35-10-14-42-15-11-35)8-9-25(24)37(26)18-21-4-6-22(7-5-21)29(38)33-41;/h2-9,13,17,41H,10-12,14-16,18-20H2,1H3,(H,33,38);1H. The molecule has 4 amide bonds. The van der Waals surface area contributed by atoms with Gasteiger partial charge in [-0.25, -0.2) is 10.3 Å². The monoisotopic (exact) mass is 635 g/mol. The number of nitrogens with one attached hydrogen (secondary N) is 1. The van der Waals surface area contributed by atoms with Crippen LogP contribution in [0.2, 0.25) is 0 Å². The molecule has 7 rings (SSSR count). The minimum atomic E-state index is -1.24. The van der Waals surface area contributed by atoms with Gasteiger partial charge in [-0.3, -0.25) is 24.6 Å². The summed E-state index contributed by atoms with van der Waals surface area (Å²) in [5.41, 5.74) is 4.17. The molecule has 13 heteroatoms. The van der Waals surface area contributed by atoms with Gasteiger partial charge in [-0.2, -0.15) is 0 Å². The molecule has 45 heavy (non-hydrogen) atoms. The Hall–Kier alpha value is -4.36. The molecule has 2 N–H and O–H groups in total. The maximum absolute atomic E-state index is 14.2. The van der Waals surface area contributed by atoms with Gasteiger partial charge in [0.2, 0.25) is 0 Å². The van der Waals surface area contributed by atoms with E-state index in [1.165, 1.54) is 11.9 Å². The summed E-state index contributed by atoms with van der Waals surface area (Å²) in [6.07, 6.45) is 1.55. The van der Waals surface area contributed by atoms with E-state index in [4.69, 9.17) is 19.1 Å². The average Bonchev–Trinajstić information content (AvgIpc) is 3.71. The van der Waals surface area contributed by atoms with Crippen molar-refractivity contribution < 1.29 is 33.5 Å². The number of urea groups is 1. The first-order chi connectivity index (χ1) is 21.4. The number of halogens is 1. The first-order valence-corrected chi connectivity index (χ1v) is 14.6. The van der Waals surface area contributed by atoms with Crippen molar-refractivity contribution in [3.63, 3.8) is 0 Å². The predicted octanol–water partition coefficient (Wildman–Crippen LogP) is 3.23. The number of nitrogens with zero attached hydrogens (tertiary/aromatic N) is 4. The molecule has 2 bridgehead atoms. The minimum Gasteiger partial charge on any atom is -0.492 e. The van der Waals surface area contributed by atoms with Gasteiger partial charge in [0, 0.05) is 67.5 Å². The van der Waals surface area contributed by atoms with Crippen LogP contribution >= 0.6 is 12.4 Å². The van der Waals surface area contributed by atoms with Gasteiger partial charge < -0.3 is 23.4 Å². The number of morpholine rings is 1. The van der Waals surface area contributed by atoms with Crippen LogP contribution in [0.15, 0.2) is 65.3 Å². The summed E-state index contributed by atoms with van der Waals surface area (Å²) in [5, 5.41) is 9.86. The van der Waals surface area contributed by atoms with Crippen molar-refractivity contribution in [2.24, 2.45) is 0 Å². The lowest BCUT2D eigenvalue weighted by molar-refractivity contribution is -0.136. The van der Waals surface area contributed by atoms with Crippen LogP contribution in [0.5, 0.6) is 5.75 Å². The van der Waals surface area contributed by atoms with E-state index in [2.05, 4.69) is 9.47 Å².